The Hall–Kier alpha value is -1.26. The molecule has 0 amide bonds. The van der Waals surface area contributed by atoms with Crippen LogP contribution in [0.4, 0.5) is 0 Å². The van der Waals surface area contributed by atoms with E-state index in [-0.39, 0.29) is 0 Å². The van der Waals surface area contributed by atoms with Gasteiger partial charge in [-0.25, -0.2) is 0 Å². The van der Waals surface area contributed by atoms with E-state index in [0.29, 0.717) is 0 Å². The number of benzene rings is 1. The van der Waals surface area contributed by atoms with Gasteiger partial charge in [-0.15, -0.1) is 0 Å². The quantitative estimate of drug-likeness (QED) is 0.563. The summed E-state index contributed by atoms with van der Waals surface area (Å²) < 4.78 is 16.5. The van der Waals surface area contributed by atoms with E-state index < -0.39 is 0 Å². The zero-order chi connectivity index (χ0) is 16.0. The second kappa shape index (κ2) is 12.3. The van der Waals surface area contributed by atoms with Crippen LogP contribution in [0.5, 0.6) is 11.5 Å². The van der Waals surface area contributed by atoms with Crippen LogP contribution in [-0.2, 0) is 11.3 Å². The lowest BCUT2D eigenvalue weighted by Gasteiger charge is -2.15. The minimum atomic E-state index is 0.747. The van der Waals surface area contributed by atoms with Gasteiger partial charge in [-0.05, 0) is 25.5 Å². The van der Waals surface area contributed by atoms with Crippen molar-refractivity contribution >= 4 is 0 Å². The van der Waals surface area contributed by atoms with Crippen molar-refractivity contribution in [1.82, 2.24) is 5.32 Å². The maximum Gasteiger partial charge on any atom is 0.165 e. The van der Waals surface area contributed by atoms with Gasteiger partial charge in [-0.2, -0.15) is 0 Å². The molecule has 0 bridgehead atoms. The van der Waals surface area contributed by atoms with Gasteiger partial charge in [0.25, 0.3) is 0 Å². The standard InChI is InChI=1S/C18H31NO3/c1-4-5-6-7-14-22-18-16(10-8-11-17(18)21-3)15-19-12-9-13-20-2/h8,10-11,19H,4-7,9,12-15H2,1-3H3. The molecule has 126 valence electrons. The number of hydrogen-bond donors (Lipinski definition) is 1. The van der Waals surface area contributed by atoms with Crippen molar-refractivity contribution in [2.24, 2.45) is 0 Å². The first kappa shape index (κ1) is 18.8. The normalized spacial score (nSPS) is 10.7. The number of unbranched alkanes of at least 4 members (excludes halogenated alkanes) is 3. The molecule has 0 aromatic heterocycles. The van der Waals surface area contributed by atoms with Gasteiger partial charge in [0.15, 0.2) is 11.5 Å². The Morgan fingerprint density at radius 3 is 2.59 bits per heavy atom. The maximum absolute atomic E-state index is 5.99. The highest BCUT2D eigenvalue weighted by Crippen LogP contribution is 2.31. The second-order valence-corrected chi connectivity index (χ2v) is 5.38. The van der Waals surface area contributed by atoms with E-state index in [2.05, 4.69) is 18.3 Å². The summed E-state index contributed by atoms with van der Waals surface area (Å²) in [7, 11) is 3.42. The summed E-state index contributed by atoms with van der Waals surface area (Å²) in [6.45, 7) is 5.46. The fraction of sp³-hybridized carbons (Fsp3) is 0.667. The molecule has 0 unspecified atom stereocenters. The number of nitrogens with one attached hydrogen (secondary N) is 1. The van der Waals surface area contributed by atoms with E-state index in [1.54, 1.807) is 14.2 Å². The van der Waals surface area contributed by atoms with Crippen molar-refractivity contribution in [3.05, 3.63) is 23.8 Å². The van der Waals surface area contributed by atoms with E-state index in [0.717, 1.165) is 56.2 Å². The van der Waals surface area contributed by atoms with Gasteiger partial charge in [0.2, 0.25) is 0 Å². The van der Waals surface area contributed by atoms with Gasteiger partial charge >= 0.3 is 0 Å². The summed E-state index contributed by atoms with van der Waals surface area (Å²) in [6, 6.07) is 6.05. The van der Waals surface area contributed by atoms with E-state index in [1.165, 1.54) is 19.3 Å². The second-order valence-electron chi connectivity index (χ2n) is 5.38. The molecule has 1 N–H and O–H groups in total. The van der Waals surface area contributed by atoms with Gasteiger partial charge < -0.3 is 19.5 Å². The van der Waals surface area contributed by atoms with Crippen molar-refractivity contribution in [3.8, 4) is 11.5 Å². The summed E-state index contributed by atoms with van der Waals surface area (Å²) in [6.07, 6.45) is 5.82. The molecule has 0 aliphatic carbocycles. The molecule has 1 rings (SSSR count). The van der Waals surface area contributed by atoms with Crippen LogP contribution in [-0.4, -0.2) is 34.0 Å². The number of para-hydroxylation sites is 1. The van der Waals surface area contributed by atoms with Crippen molar-refractivity contribution in [2.75, 3.05) is 34.0 Å². The van der Waals surface area contributed by atoms with E-state index in [4.69, 9.17) is 14.2 Å². The Bertz CT molecular complexity index is 396. The molecule has 1 aromatic carbocycles. The van der Waals surface area contributed by atoms with Crippen LogP contribution in [0.1, 0.15) is 44.6 Å². The van der Waals surface area contributed by atoms with Crippen LogP contribution in [0.2, 0.25) is 0 Å². The Morgan fingerprint density at radius 2 is 1.86 bits per heavy atom. The topological polar surface area (TPSA) is 39.7 Å². The highest BCUT2D eigenvalue weighted by atomic mass is 16.5. The molecule has 0 radical (unpaired) electrons. The minimum Gasteiger partial charge on any atom is -0.493 e. The number of methoxy groups -OCH3 is 2. The number of ether oxygens (including phenoxy) is 3. The third-order valence-corrected chi connectivity index (χ3v) is 3.54. The molecule has 0 fully saturated rings. The highest BCUT2D eigenvalue weighted by molar-refractivity contribution is 5.46. The van der Waals surface area contributed by atoms with Crippen LogP contribution in [0.15, 0.2) is 18.2 Å². The molecule has 0 spiro atoms. The van der Waals surface area contributed by atoms with Crippen LogP contribution >= 0.6 is 0 Å². The smallest absolute Gasteiger partial charge is 0.165 e. The zero-order valence-electron chi connectivity index (χ0n) is 14.3. The van der Waals surface area contributed by atoms with Crippen LogP contribution in [0.3, 0.4) is 0 Å². The number of rotatable bonds is 13. The fourth-order valence-corrected chi connectivity index (χ4v) is 2.29. The molecule has 0 saturated heterocycles. The molecule has 0 aliphatic rings. The largest absolute Gasteiger partial charge is 0.493 e. The van der Waals surface area contributed by atoms with Crippen LogP contribution in [0.25, 0.3) is 0 Å². The molecule has 22 heavy (non-hydrogen) atoms. The minimum absolute atomic E-state index is 0.747. The third kappa shape index (κ3) is 7.14. The molecule has 4 nitrogen and oxygen atoms in total. The van der Waals surface area contributed by atoms with Crippen LogP contribution in [0, 0.1) is 0 Å². The highest BCUT2D eigenvalue weighted by Gasteiger charge is 2.10. The SMILES string of the molecule is CCCCCCOc1c(CNCCCOC)cccc1OC. The van der Waals surface area contributed by atoms with Crippen molar-refractivity contribution in [3.63, 3.8) is 0 Å². The summed E-state index contributed by atoms with van der Waals surface area (Å²) in [5, 5.41) is 3.42. The predicted octanol–water partition coefficient (Wildman–Crippen LogP) is 3.78. The molecule has 0 atom stereocenters. The third-order valence-electron chi connectivity index (χ3n) is 3.54. The van der Waals surface area contributed by atoms with Gasteiger partial charge in [0.05, 0.1) is 13.7 Å². The molecule has 0 saturated carbocycles. The molecule has 1 aromatic rings. The fourth-order valence-electron chi connectivity index (χ4n) is 2.29. The number of hydrogen-bond acceptors (Lipinski definition) is 4. The summed E-state index contributed by atoms with van der Waals surface area (Å²) in [4.78, 5) is 0. The Morgan fingerprint density at radius 1 is 1.00 bits per heavy atom. The molecular weight excluding hydrogens is 278 g/mol. The molecule has 4 heteroatoms. The average Bonchev–Trinajstić information content (AvgIpc) is 2.55. The van der Waals surface area contributed by atoms with Gasteiger partial charge in [0, 0.05) is 25.8 Å². The molecule has 0 heterocycles. The lowest BCUT2D eigenvalue weighted by atomic mass is 10.1. The van der Waals surface area contributed by atoms with E-state index in [1.807, 2.05) is 12.1 Å². The van der Waals surface area contributed by atoms with Crippen LogP contribution < -0.4 is 14.8 Å². The summed E-state index contributed by atoms with van der Waals surface area (Å²) in [5.41, 5.74) is 1.15. The van der Waals surface area contributed by atoms with Gasteiger partial charge in [0.1, 0.15) is 0 Å². The zero-order valence-corrected chi connectivity index (χ0v) is 14.3. The molecular formula is C18H31NO3. The van der Waals surface area contributed by atoms with E-state index >= 15 is 0 Å². The van der Waals surface area contributed by atoms with E-state index in [9.17, 15) is 0 Å². The Labute approximate surface area is 135 Å². The van der Waals surface area contributed by atoms with Crippen molar-refractivity contribution in [1.29, 1.82) is 0 Å². The van der Waals surface area contributed by atoms with Gasteiger partial charge in [-0.3, -0.25) is 0 Å². The Kier molecular flexibility index (Phi) is 10.5. The summed E-state index contributed by atoms with van der Waals surface area (Å²) in [5.74, 6) is 1.69. The summed E-state index contributed by atoms with van der Waals surface area (Å²) >= 11 is 0. The van der Waals surface area contributed by atoms with Crippen molar-refractivity contribution < 1.29 is 14.2 Å². The lowest BCUT2D eigenvalue weighted by Crippen LogP contribution is -2.17. The monoisotopic (exact) mass is 309 g/mol. The molecule has 0 aliphatic heterocycles. The first-order valence-corrected chi connectivity index (χ1v) is 8.31. The maximum atomic E-state index is 5.99. The Balaban J connectivity index is 2.51. The first-order chi connectivity index (χ1) is 10.8. The van der Waals surface area contributed by atoms with Gasteiger partial charge in [-0.1, -0.05) is 38.3 Å². The lowest BCUT2D eigenvalue weighted by molar-refractivity contribution is 0.194. The first-order valence-electron chi connectivity index (χ1n) is 8.31. The predicted molar refractivity (Wildman–Crippen MR) is 90.8 cm³/mol. The average molecular weight is 309 g/mol. The van der Waals surface area contributed by atoms with Crippen molar-refractivity contribution in [2.45, 2.75) is 45.6 Å².